The van der Waals surface area contributed by atoms with Crippen molar-refractivity contribution >= 4 is 5.97 Å². The Balaban J connectivity index is 2.58. The number of rotatable bonds is 3. The minimum Gasteiger partial charge on any atom is -0.478 e. The Morgan fingerprint density at radius 2 is 1.93 bits per heavy atom. The molecule has 1 saturated heterocycles. The first kappa shape index (κ1) is 12.2. The summed E-state index contributed by atoms with van der Waals surface area (Å²) in [5, 5.41) is 8.65. The highest BCUT2D eigenvalue weighted by atomic mass is 16.4. The van der Waals surface area contributed by atoms with Crippen molar-refractivity contribution in [3.63, 3.8) is 0 Å². The van der Waals surface area contributed by atoms with Gasteiger partial charge in [0, 0.05) is 24.7 Å². The molecule has 1 fully saturated rings. The van der Waals surface area contributed by atoms with Gasteiger partial charge >= 0.3 is 5.97 Å². The van der Waals surface area contributed by atoms with E-state index in [1.54, 1.807) is 0 Å². The van der Waals surface area contributed by atoms with Gasteiger partial charge in [-0.1, -0.05) is 12.0 Å². The largest absolute Gasteiger partial charge is 0.478 e. The predicted molar refractivity (Wildman–Crippen MR) is 60.9 cm³/mol. The van der Waals surface area contributed by atoms with Crippen molar-refractivity contribution in [3.8, 4) is 0 Å². The van der Waals surface area contributed by atoms with E-state index in [9.17, 15) is 4.79 Å². The van der Waals surface area contributed by atoms with Crippen LogP contribution in [0.3, 0.4) is 0 Å². The fourth-order valence-electron chi connectivity index (χ4n) is 2.33. The first-order valence-corrected chi connectivity index (χ1v) is 5.66. The van der Waals surface area contributed by atoms with Crippen molar-refractivity contribution in [2.24, 2.45) is 0 Å². The lowest BCUT2D eigenvalue weighted by molar-refractivity contribution is -0.131. The molecule has 0 aromatic rings. The van der Waals surface area contributed by atoms with Crippen LogP contribution in [0.5, 0.6) is 0 Å². The van der Waals surface area contributed by atoms with E-state index in [0.717, 1.165) is 12.1 Å². The SMILES string of the molecule is CC(=CC(=O)O)CN1[C@H](C)CCC[C@@H]1C. The lowest BCUT2D eigenvalue weighted by atomic mass is 9.97. The molecule has 1 N–H and O–H groups in total. The first-order valence-electron chi connectivity index (χ1n) is 5.66. The first-order chi connectivity index (χ1) is 7.00. The second kappa shape index (κ2) is 5.31. The van der Waals surface area contributed by atoms with E-state index in [1.807, 2.05) is 6.92 Å². The summed E-state index contributed by atoms with van der Waals surface area (Å²) >= 11 is 0. The lowest BCUT2D eigenvalue weighted by Crippen LogP contribution is -2.44. The van der Waals surface area contributed by atoms with E-state index < -0.39 is 5.97 Å². The molecule has 1 heterocycles. The predicted octanol–water partition coefficient (Wildman–Crippen LogP) is 2.28. The summed E-state index contributed by atoms with van der Waals surface area (Å²) in [5.41, 5.74) is 0.933. The summed E-state index contributed by atoms with van der Waals surface area (Å²) in [7, 11) is 0. The van der Waals surface area contributed by atoms with Crippen molar-refractivity contribution < 1.29 is 9.90 Å². The molecular weight excluding hydrogens is 190 g/mol. The number of carboxylic acid groups (broad SMARTS) is 1. The molecule has 3 nitrogen and oxygen atoms in total. The van der Waals surface area contributed by atoms with Gasteiger partial charge in [-0.15, -0.1) is 0 Å². The van der Waals surface area contributed by atoms with Crippen molar-refractivity contribution in [3.05, 3.63) is 11.6 Å². The monoisotopic (exact) mass is 211 g/mol. The Morgan fingerprint density at radius 3 is 2.40 bits per heavy atom. The fourth-order valence-corrected chi connectivity index (χ4v) is 2.33. The van der Waals surface area contributed by atoms with E-state index >= 15 is 0 Å². The number of aliphatic carboxylic acids is 1. The molecule has 0 aliphatic carbocycles. The van der Waals surface area contributed by atoms with Crippen LogP contribution in [0, 0.1) is 0 Å². The summed E-state index contributed by atoms with van der Waals surface area (Å²) in [4.78, 5) is 12.9. The van der Waals surface area contributed by atoms with E-state index in [-0.39, 0.29) is 0 Å². The topological polar surface area (TPSA) is 40.5 Å². The maximum Gasteiger partial charge on any atom is 0.328 e. The van der Waals surface area contributed by atoms with Gasteiger partial charge in [0.05, 0.1) is 0 Å². The molecule has 2 atom stereocenters. The number of nitrogens with zero attached hydrogens (tertiary/aromatic N) is 1. The van der Waals surface area contributed by atoms with Crippen LogP contribution in [0.15, 0.2) is 11.6 Å². The molecule has 0 spiro atoms. The Kier molecular flexibility index (Phi) is 4.33. The van der Waals surface area contributed by atoms with E-state index in [4.69, 9.17) is 5.11 Å². The Morgan fingerprint density at radius 1 is 1.40 bits per heavy atom. The minimum atomic E-state index is -0.843. The highest BCUT2D eigenvalue weighted by Crippen LogP contribution is 2.23. The summed E-state index contributed by atoms with van der Waals surface area (Å²) < 4.78 is 0. The fraction of sp³-hybridized carbons (Fsp3) is 0.750. The molecular formula is C12H21NO2. The van der Waals surface area contributed by atoms with Crippen LogP contribution in [0.4, 0.5) is 0 Å². The number of hydrogen-bond donors (Lipinski definition) is 1. The molecule has 0 radical (unpaired) electrons. The van der Waals surface area contributed by atoms with Crippen LogP contribution in [-0.2, 0) is 4.79 Å². The van der Waals surface area contributed by atoms with Crippen LogP contribution in [0.1, 0.15) is 40.0 Å². The van der Waals surface area contributed by atoms with Crippen LogP contribution < -0.4 is 0 Å². The van der Waals surface area contributed by atoms with Crippen molar-refractivity contribution in [1.82, 2.24) is 4.90 Å². The van der Waals surface area contributed by atoms with Gasteiger partial charge in [0.25, 0.3) is 0 Å². The average Bonchev–Trinajstić information content (AvgIpc) is 2.10. The standard InChI is InChI=1S/C12H21NO2/c1-9(7-12(14)15)8-13-10(2)5-4-6-11(13)3/h7,10-11H,4-6,8H2,1-3H3,(H,14,15)/t10-,11+. The molecule has 0 bridgehead atoms. The van der Waals surface area contributed by atoms with Crippen LogP contribution in [-0.4, -0.2) is 34.6 Å². The molecule has 1 aliphatic heterocycles. The summed E-state index contributed by atoms with van der Waals surface area (Å²) in [5.74, 6) is -0.843. The zero-order valence-corrected chi connectivity index (χ0v) is 9.86. The second-order valence-electron chi connectivity index (χ2n) is 4.63. The van der Waals surface area contributed by atoms with E-state index in [0.29, 0.717) is 12.1 Å². The molecule has 1 rings (SSSR count). The molecule has 0 saturated carbocycles. The number of hydrogen-bond acceptors (Lipinski definition) is 2. The van der Waals surface area contributed by atoms with Crippen molar-refractivity contribution in [2.75, 3.05) is 6.54 Å². The van der Waals surface area contributed by atoms with Gasteiger partial charge < -0.3 is 5.11 Å². The molecule has 86 valence electrons. The minimum absolute atomic E-state index is 0.575. The molecule has 0 aromatic heterocycles. The zero-order chi connectivity index (χ0) is 11.4. The highest BCUT2D eigenvalue weighted by molar-refractivity contribution is 5.80. The molecule has 1 aliphatic rings. The number of carboxylic acids is 1. The lowest BCUT2D eigenvalue weighted by Gasteiger charge is -2.39. The van der Waals surface area contributed by atoms with Gasteiger partial charge in [0.2, 0.25) is 0 Å². The highest BCUT2D eigenvalue weighted by Gasteiger charge is 2.24. The van der Waals surface area contributed by atoms with Gasteiger partial charge in [-0.05, 0) is 33.6 Å². The van der Waals surface area contributed by atoms with Crippen LogP contribution in [0.25, 0.3) is 0 Å². The average molecular weight is 211 g/mol. The van der Waals surface area contributed by atoms with Gasteiger partial charge in [-0.25, -0.2) is 4.79 Å². The third kappa shape index (κ3) is 3.67. The maximum absolute atomic E-state index is 10.5. The summed E-state index contributed by atoms with van der Waals surface area (Å²) in [6, 6.07) is 1.15. The third-order valence-electron chi connectivity index (χ3n) is 3.18. The van der Waals surface area contributed by atoms with Gasteiger partial charge in [0.1, 0.15) is 0 Å². The van der Waals surface area contributed by atoms with Crippen LogP contribution >= 0.6 is 0 Å². The normalized spacial score (nSPS) is 29.1. The number of piperidine rings is 1. The van der Waals surface area contributed by atoms with Gasteiger partial charge in [-0.3, -0.25) is 4.90 Å². The third-order valence-corrected chi connectivity index (χ3v) is 3.18. The van der Waals surface area contributed by atoms with Crippen molar-refractivity contribution in [2.45, 2.75) is 52.1 Å². The number of carbonyl (C=O) groups is 1. The molecule has 0 amide bonds. The van der Waals surface area contributed by atoms with Gasteiger partial charge in [-0.2, -0.15) is 0 Å². The molecule has 3 heteroatoms. The van der Waals surface area contributed by atoms with E-state index in [2.05, 4.69) is 18.7 Å². The molecule has 15 heavy (non-hydrogen) atoms. The molecule has 0 aromatic carbocycles. The Labute approximate surface area is 91.8 Å². The number of likely N-dealkylation sites (tertiary alicyclic amines) is 1. The Hall–Kier alpha value is -0.830. The zero-order valence-electron chi connectivity index (χ0n) is 9.86. The van der Waals surface area contributed by atoms with Crippen LogP contribution in [0.2, 0.25) is 0 Å². The second-order valence-corrected chi connectivity index (χ2v) is 4.63. The summed E-state index contributed by atoms with van der Waals surface area (Å²) in [6.07, 6.45) is 5.06. The van der Waals surface area contributed by atoms with Crippen molar-refractivity contribution in [1.29, 1.82) is 0 Å². The molecule has 0 unspecified atom stereocenters. The Bertz CT molecular complexity index is 250. The summed E-state index contributed by atoms with van der Waals surface area (Å²) in [6.45, 7) is 7.13. The maximum atomic E-state index is 10.5. The van der Waals surface area contributed by atoms with E-state index in [1.165, 1.54) is 25.3 Å². The smallest absolute Gasteiger partial charge is 0.328 e. The quantitative estimate of drug-likeness (QED) is 0.728. The van der Waals surface area contributed by atoms with Gasteiger partial charge in [0.15, 0.2) is 0 Å².